The molecule has 0 atom stereocenters. The van der Waals surface area contributed by atoms with Crippen molar-refractivity contribution in [2.75, 3.05) is 6.54 Å². The zero-order valence-corrected chi connectivity index (χ0v) is 16.0. The molecule has 0 radical (unpaired) electrons. The van der Waals surface area contributed by atoms with Crippen LogP contribution in [0.25, 0.3) is 16.7 Å². The number of rotatable bonds is 5. The Morgan fingerprint density at radius 1 is 1.23 bits per heavy atom. The Morgan fingerprint density at radius 2 is 2.00 bits per heavy atom. The summed E-state index contributed by atoms with van der Waals surface area (Å²) in [6, 6.07) is 9.85. The molecule has 2 aromatic heterocycles. The number of carbonyl (C=O) groups excluding carboxylic acids is 1. The normalized spacial score (nSPS) is 10.3. The topological polar surface area (TPSA) is 72.9 Å². The van der Waals surface area contributed by atoms with E-state index in [1.165, 1.54) is 0 Å². The largest absolute Gasteiger partial charge is 0.352 e. The van der Waals surface area contributed by atoms with Gasteiger partial charge in [-0.25, -0.2) is 4.98 Å². The summed E-state index contributed by atoms with van der Waals surface area (Å²) in [5.74, 6) is 0.713. The summed E-state index contributed by atoms with van der Waals surface area (Å²) in [5.41, 5.74) is 9.50. The van der Waals surface area contributed by atoms with Gasteiger partial charge in [-0.15, -0.1) is 0 Å². The first kappa shape index (κ1) is 19.7. The number of hydrogen-bond acceptors (Lipinski definition) is 3. The molecule has 0 saturated heterocycles. The van der Waals surface area contributed by atoms with Gasteiger partial charge < -0.3 is 15.6 Å². The Labute approximate surface area is 155 Å². The van der Waals surface area contributed by atoms with Crippen LogP contribution in [0.5, 0.6) is 0 Å². The van der Waals surface area contributed by atoms with E-state index in [9.17, 15) is 4.79 Å². The van der Waals surface area contributed by atoms with Gasteiger partial charge in [-0.1, -0.05) is 39.0 Å². The van der Waals surface area contributed by atoms with Gasteiger partial charge in [-0.3, -0.25) is 4.79 Å². The number of fused-ring (bicyclic) bond motifs is 1. The van der Waals surface area contributed by atoms with Crippen molar-refractivity contribution in [3.05, 3.63) is 59.4 Å². The van der Waals surface area contributed by atoms with E-state index in [1.807, 2.05) is 68.8 Å². The fourth-order valence-electron chi connectivity index (χ4n) is 2.95. The molecule has 0 fully saturated rings. The van der Waals surface area contributed by atoms with Crippen LogP contribution in [0.3, 0.4) is 0 Å². The molecule has 0 unspecified atom stereocenters. The smallest absolute Gasteiger partial charge is 0.253 e. The van der Waals surface area contributed by atoms with Crippen molar-refractivity contribution >= 4 is 16.8 Å². The highest BCUT2D eigenvalue weighted by molar-refractivity contribution is 6.08. The minimum absolute atomic E-state index is 0.0554. The third-order valence-corrected chi connectivity index (χ3v) is 4.13. The van der Waals surface area contributed by atoms with Crippen LogP contribution in [0, 0.1) is 6.92 Å². The van der Waals surface area contributed by atoms with E-state index >= 15 is 0 Å². The lowest BCUT2D eigenvalue weighted by Gasteiger charge is -2.09. The van der Waals surface area contributed by atoms with Gasteiger partial charge in [0, 0.05) is 36.4 Å². The van der Waals surface area contributed by atoms with Gasteiger partial charge in [-0.05, 0) is 31.0 Å². The van der Waals surface area contributed by atoms with E-state index in [1.54, 1.807) is 6.20 Å². The van der Waals surface area contributed by atoms with Crippen LogP contribution >= 0.6 is 0 Å². The number of nitrogens with one attached hydrogen (secondary N) is 1. The summed E-state index contributed by atoms with van der Waals surface area (Å²) in [6.45, 7) is 9.11. The molecule has 2 heterocycles. The number of pyridine rings is 1. The van der Waals surface area contributed by atoms with Gasteiger partial charge in [0.25, 0.3) is 5.91 Å². The zero-order chi connectivity index (χ0) is 19.1. The average molecular weight is 352 g/mol. The molecular formula is C21H28N4O. The lowest BCUT2D eigenvalue weighted by atomic mass is 10.1. The number of aromatic nitrogens is 2. The molecule has 1 amide bonds. The summed E-state index contributed by atoms with van der Waals surface area (Å²) in [7, 11) is 0. The van der Waals surface area contributed by atoms with E-state index in [0.29, 0.717) is 18.7 Å². The fraction of sp³-hybridized carbons (Fsp3) is 0.333. The Balaban J connectivity index is 0.00000117. The Kier molecular flexibility index (Phi) is 6.92. The third-order valence-electron chi connectivity index (χ3n) is 4.13. The average Bonchev–Trinajstić information content (AvgIpc) is 3.08. The molecule has 26 heavy (non-hydrogen) atoms. The van der Waals surface area contributed by atoms with Gasteiger partial charge in [-0.2, -0.15) is 0 Å². The van der Waals surface area contributed by atoms with Crippen molar-refractivity contribution in [2.45, 2.75) is 40.7 Å². The SMILES string of the molecule is CC.CCCNC(=O)c1cn(-c2ncccc2CN)c2cccc(C)c12. The highest BCUT2D eigenvalue weighted by atomic mass is 16.1. The van der Waals surface area contributed by atoms with Crippen molar-refractivity contribution in [1.29, 1.82) is 0 Å². The number of carbonyl (C=O) groups is 1. The van der Waals surface area contributed by atoms with Gasteiger partial charge in [0.15, 0.2) is 0 Å². The predicted molar refractivity (Wildman–Crippen MR) is 108 cm³/mol. The fourth-order valence-corrected chi connectivity index (χ4v) is 2.95. The minimum Gasteiger partial charge on any atom is -0.352 e. The van der Waals surface area contributed by atoms with E-state index < -0.39 is 0 Å². The van der Waals surface area contributed by atoms with Crippen molar-refractivity contribution < 1.29 is 4.79 Å². The van der Waals surface area contributed by atoms with Crippen molar-refractivity contribution in [3.8, 4) is 5.82 Å². The number of benzene rings is 1. The lowest BCUT2D eigenvalue weighted by molar-refractivity contribution is 0.0955. The number of nitrogens with zero attached hydrogens (tertiary/aromatic N) is 2. The molecule has 5 nitrogen and oxygen atoms in total. The summed E-state index contributed by atoms with van der Waals surface area (Å²) in [4.78, 5) is 17.1. The van der Waals surface area contributed by atoms with Crippen LogP contribution in [0.4, 0.5) is 0 Å². The molecule has 0 aliphatic heterocycles. The van der Waals surface area contributed by atoms with Crippen LogP contribution < -0.4 is 11.1 Å². The Bertz CT molecular complexity index is 883. The highest BCUT2D eigenvalue weighted by Crippen LogP contribution is 2.28. The maximum atomic E-state index is 12.6. The maximum Gasteiger partial charge on any atom is 0.253 e. The molecule has 138 valence electrons. The summed E-state index contributed by atoms with van der Waals surface area (Å²) < 4.78 is 1.96. The number of aryl methyl sites for hydroxylation is 1. The predicted octanol–water partition coefficient (Wildman–Crippen LogP) is 3.96. The number of amides is 1. The molecular weight excluding hydrogens is 324 g/mol. The quantitative estimate of drug-likeness (QED) is 0.730. The molecule has 3 aromatic rings. The first-order chi connectivity index (χ1) is 12.7. The van der Waals surface area contributed by atoms with Crippen LogP contribution in [0.15, 0.2) is 42.7 Å². The van der Waals surface area contributed by atoms with Gasteiger partial charge in [0.05, 0.1) is 11.1 Å². The monoisotopic (exact) mass is 352 g/mol. The second-order valence-electron chi connectivity index (χ2n) is 5.83. The van der Waals surface area contributed by atoms with Crippen molar-refractivity contribution in [3.63, 3.8) is 0 Å². The minimum atomic E-state index is -0.0554. The Hall–Kier alpha value is -2.66. The second kappa shape index (κ2) is 9.15. The molecule has 3 rings (SSSR count). The molecule has 0 saturated carbocycles. The summed E-state index contributed by atoms with van der Waals surface area (Å²) in [6.07, 6.45) is 4.51. The summed E-state index contributed by atoms with van der Waals surface area (Å²) in [5, 5.41) is 3.92. The Morgan fingerprint density at radius 3 is 2.69 bits per heavy atom. The van der Waals surface area contributed by atoms with Crippen LogP contribution in [0.2, 0.25) is 0 Å². The molecule has 5 heteroatoms. The van der Waals surface area contributed by atoms with Gasteiger partial charge >= 0.3 is 0 Å². The van der Waals surface area contributed by atoms with Crippen LogP contribution in [-0.2, 0) is 6.54 Å². The van der Waals surface area contributed by atoms with E-state index in [-0.39, 0.29) is 5.91 Å². The van der Waals surface area contributed by atoms with Crippen molar-refractivity contribution in [2.24, 2.45) is 5.73 Å². The van der Waals surface area contributed by atoms with E-state index in [4.69, 9.17) is 5.73 Å². The third kappa shape index (κ3) is 3.78. The van der Waals surface area contributed by atoms with E-state index in [2.05, 4.69) is 10.3 Å². The maximum absolute atomic E-state index is 12.6. The molecule has 0 aliphatic carbocycles. The molecule has 0 spiro atoms. The first-order valence-electron chi connectivity index (χ1n) is 9.20. The number of nitrogens with two attached hydrogens (primary N) is 1. The van der Waals surface area contributed by atoms with E-state index in [0.717, 1.165) is 34.3 Å². The number of hydrogen-bond donors (Lipinski definition) is 2. The van der Waals surface area contributed by atoms with Crippen LogP contribution in [-0.4, -0.2) is 22.0 Å². The zero-order valence-electron chi connectivity index (χ0n) is 16.0. The van der Waals surface area contributed by atoms with Gasteiger partial charge in [0.1, 0.15) is 5.82 Å². The summed E-state index contributed by atoms with van der Waals surface area (Å²) >= 11 is 0. The standard InChI is InChI=1S/C19H22N4O.C2H6/c1-3-9-22-19(24)15-12-23(16-8-4-6-13(2)17(15)16)18-14(11-20)7-5-10-21-18;1-2/h4-8,10,12H,3,9,11,20H2,1-2H3,(H,22,24);1-2H3. The van der Waals surface area contributed by atoms with Crippen molar-refractivity contribution in [1.82, 2.24) is 14.9 Å². The molecule has 3 N–H and O–H groups in total. The van der Waals surface area contributed by atoms with Crippen LogP contribution in [0.1, 0.15) is 48.7 Å². The first-order valence-corrected chi connectivity index (χ1v) is 9.20. The molecule has 1 aromatic carbocycles. The highest BCUT2D eigenvalue weighted by Gasteiger charge is 2.18. The lowest BCUT2D eigenvalue weighted by Crippen LogP contribution is -2.23. The molecule has 0 bridgehead atoms. The molecule has 0 aliphatic rings. The van der Waals surface area contributed by atoms with Gasteiger partial charge in [0.2, 0.25) is 0 Å². The second-order valence-corrected chi connectivity index (χ2v) is 5.83.